The van der Waals surface area contributed by atoms with E-state index in [0.29, 0.717) is 30.3 Å². The molecule has 7 rings (SSSR count). The van der Waals surface area contributed by atoms with Gasteiger partial charge in [0.2, 0.25) is 5.91 Å². The number of aromatic amines is 1. The molecule has 0 spiro atoms. The van der Waals surface area contributed by atoms with E-state index in [1.165, 1.54) is 25.5 Å². The van der Waals surface area contributed by atoms with Crippen molar-refractivity contribution >= 4 is 39.6 Å². The Kier molecular flexibility index (Phi) is 10.3. The number of hydrogen-bond acceptors (Lipinski definition) is 12. The number of amides is 1. The minimum atomic E-state index is -1.15. The van der Waals surface area contributed by atoms with E-state index in [4.69, 9.17) is 15.5 Å². The third-order valence-electron chi connectivity index (χ3n) is 10.9. The van der Waals surface area contributed by atoms with Crippen LogP contribution < -0.4 is 11.1 Å². The van der Waals surface area contributed by atoms with Crippen LogP contribution in [0.1, 0.15) is 65.4 Å². The number of H-pyrrole nitrogens is 1. The number of nitrogens with two attached hydrogens (primary N) is 1. The van der Waals surface area contributed by atoms with Crippen LogP contribution in [0.3, 0.4) is 0 Å². The summed E-state index contributed by atoms with van der Waals surface area (Å²) < 4.78 is 8.04. The molecule has 3 aliphatic heterocycles. The molecule has 3 fully saturated rings. The van der Waals surface area contributed by atoms with Gasteiger partial charge in [-0.2, -0.15) is 0 Å². The smallest absolute Gasteiger partial charge is 0.229 e. The van der Waals surface area contributed by atoms with E-state index in [2.05, 4.69) is 46.9 Å². The summed E-state index contributed by atoms with van der Waals surface area (Å²) in [6.45, 7) is 15.1. The van der Waals surface area contributed by atoms with Crippen molar-refractivity contribution in [3.63, 3.8) is 0 Å². The molecule has 1 aromatic carbocycles. The molecule has 0 bridgehead atoms. The minimum Gasteiger partial charge on any atom is -0.387 e. The second-order valence-corrected chi connectivity index (χ2v) is 15.8. The number of imidazole rings is 2. The van der Waals surface area contributed by atoms with E-state index in [-0.39, 0.29) is 11.7 Å². The van der Waals surface area contributed by atoms with Crippen LogP contribution in [0.15, 0.2) is 30.9 Å². The third kappa shape index (κ3) is 7.88. The van der Waals surface area contributed by atoms with Crippen LogP contribution in [0.25, 0.3) is 22.2 Å². The molecule has 276 valence electrons. The van der Waals surface area contributed by atoms with Crippen LogP contribution in [0.5, 0.6) is 0 Å². The van der Waals surface area contributed by atoms with E-state index >= 15 is 0 Å². The van der Waals surface area contributed by atoms with Gasteiger partial charge in [-0.15, -0.1) is 0 Å². The molecule has 15 nitrogen and oxygen atoms in total. The number of aliphatic hydroxyl groups is 2. The molecule has 1 amide bonds. The lowest BCUT2D eigenvalue weighted by Crippen LogP contribution is -2.51. The molecule has 3 saturated heterocycles. The molecule has 4 aromatic rings. The van der Waals surface area contributed by atoms with Gasteiger partial charge in [-0.05, 0) is 62.9 Å². The number of nitrogens with zero attached hydrogens (tertiary/aromatic N) is 8. The normalized spacial score (nSPS) is 24.7. The average molecular weight is 704 g/mol. The maximum Gasteiger partial charge on any atom is 0.229 e. The molecular weight excluding hydrogens is 650 g/mol. The summed E-state index contributed by atoms with van der Waals surface area (Å²) in [5.74, 6) is 1.90. The van der Waals surface area contributed by atoms with Crippen LogP contribution in [0, 0.1) is 11.3 Å². The molecular formula is C36H53N11O4. The lowest BCUT2D eigenvalue weighted by Gasteiger charge is -2.41. The number of carbonyl (C=O) groups is 1. The summed E-state index contributed by atoms with van der Waals surface area (Å²) >= 11 is 0. The number of rotatable bonds is 10. The Labute approximate surface area is 298 Å². The number of aromatic nitrogens is 6. The van der Waals surface area contributed by atoms with Crippen LogP contribution >= 0.6 is 0 Å². The van der Waals surface area contributed by atoms with Gasteiger partial charge >= 0.3 is 0 Å². The monoisotopic (exact) mass is 703 g/mol. The number of hydrogen-bond donors (Lipinski definition) is 5. The number of ether oxygens (including phenoxy) is 1. The van der Waals surface area contributed by atoms with E-state index in [0.717, 1.165) is 80.6 Å². The number of piperidine rings is 2. The van der Waals surface area contributed by atoms with Gasteiger partial charge in [0.25, 0.3) is 0 Å². The van der Waals surface area contributed by atoms with Crippen molar-refractivity contribution in [1.82, 2.24) is 44.2 Å². The summed E-state index contributed by atoms with van der Waals surface area (Å²) in [6, 6.07) is 6.10. The predicted molar refractivity (Wildman–Crippen MR) is 195 cm³/mol. The molecule has 51 heavy (non-hydrogen) atoms. The summed E-state index contributed by atoms with van der Waals surface area (Å²) in [5.41, 5.74) is 8.95. The van der Waals surface area contributed by atoms with Crippen LogP contribution in [-0.4, -0.2) is 130 Å². The fourth-order valence-corrected chi connectivity index (χ4v) is 7.56. The zero-order valence-corrected chi connectivity index (χ0v) is 30.2. The van der Waals surface area contributed by atoms with Gasteiger partial charge in [0.15, 0.2) is 17.7 Å². The van der Waals surface area contributed by atoms with Crippen LogP contribution in [-0.2, 0) is 16.1 Å². The zero-order valence-electron chi connectivity index (χ0n) is 30.2. The number of fused-ring (bicyclic) bond motifs is 2. The Balaban J connectivity index is 1.00. The van der Waals surface area contributed by atoms with Crippen molar-refractivity contribution in [3.8, 4) is 0 Å². The maximum absolute atomic E-state index is 12.5. The lowest BCUT2D eigenvalue weighted by molar-refractivity contribution is -0.123. The predicted octanol–water partition coefficient (Wildman–Crippen LogP) is 2.59. The molecule has 15 heteroatoms. The second kappa shape index (κ2) is 14.7. The van der Waals surface area contributed by atoms with Crippen LogP contribution in [0.4, 0.5) is 11.5 Å². The minimum absolute atomic E-state index is 0.0264. The van der Waals surface area contributed by atoms with Gasteiger partial charge < -0.3 is 35.9 Å². The van der Waals surface area contributed by atoms with Crippen molar-refractivity contribution < 1.29 is 19.7 Å². The number of aliphatic hydroxyl groups excluding tert-OH is 2. The summed E-state index contributed by atoms with van der Waals surface area (Å²) in [7, 11) is 0. The molecule has 0 aliphatic carbocycles. The number of nitrogens with one attached hydrogen (secondary N) is 2. The Morgan fingerprint density at radius 2 is 1.80 bits per heavy atom. The van der Waals surface area contributed by atoms with E-state index in [1.807, 2.05) is 39.0 Å². The second-order valence-electron chi connectivity index (χ2n) is 15.8. The first-order chi connectivity index (χ1) is 24.4. The van der Waals surface area contributed by atoms with Crippen molar-refractivity contribution in [1.29, 1.82) is 0 Å². The third-order valence-corrected chi connectivity index (χ3v) is 10.9. The van der Waals surface area contributed by atoms with Gasteiger partial charge in [0.1, 0.15) is 36.0 Å². The van der Waals surface area contributed by atoms with Crippen LogP contribution in [0.2, 0.25) is 0 Å². The number of benzene rings is 1. The first kappa shape index (κ1) is 35.7. The topological polar surface area (TPSA) is 187 Å². The molecule has 3 aromatic heterocycles. The van der Waals surface area contributed by atoms with Crippen molar-refractivity contribution in [2.75, 3.05) is 56.9 Å². The highest BCUT2D eigenvalue weighted by atomic mass is 16.6. The van der Waals surface area contributed by atoms with E-state index in [1.54, 1.807) is 4.57 Å². The van der Waals surface area contributed by atoms with Crippen molar-refractivity contribution in [2.45, 2.75) is 90.5 Å². The van der Waals surface area contributed by atoms with Gasteiger partial charge in [0, 0.05) is 49.9 Å². The quantitative estimate of drug-likeness (QED) is 0.163. The molecule has 0 saturated carbocycles. The zero-order chi connectivity index (χ0) is 35.9. The first-order valence-corrected chi connectivity index (χ1v) is 18.4. The molecule has 0 unspecified atom stereocenters. The Hall–Kier alpha value is -3.73. The highest BCUT2D eigenvalue weighted by Crippen LogP contribution is 2.33. The SMILES string of the molecule is CC1CCN(CCN(C[C@H]2O[C@@H](n3cnc4c(N)ncnc43)[C@H](O)[C@@H]2O)C2CCN(Cc3nc4ccc(NC(=O)C(C)(C)C)cc4[nH]3)CC2)CC1. The number of likely N-dealkylation sites (tertiary alicyclic amines) is 2. The van der Waals surface area contributed by atoms with Gasteiger partial charge in [-0.3, -0.25) is 19.2 Å². The highest BCUT2D eigenvalue weighted by molar-refractivity contribution is 5.96. The van der Waals surface area contributed by atoms with Gasteiger partial charge in [0.05, 0.1) is 23.9 Å². The molecule has 4 atom stereocenters. The van der Waals surface area contributed by atoms with Crippen molar-refractivity contribution in [2.24, 2.45) is 11.3 Å². The molecule has 6 heterocycles. The largest absolute Gasteiger partial charge is 0.387 e. The molecule has 3 aliphatic rings. The molecule has 6 N–H and O–H groups in total. The fraction of sp³-hybridized carbons (Fsp3) is 0.639. The summed E-state index contributed by atoms with van der Waals surface area (Å²) in [6.07, 6.45) is 3.63. The van der Waals surface area contributed by atoms with E-state index in [9.17, 15) is 15.0 Å². The number of anilines is 2. The highest BCUT2D eigenvalue weighted by Gasteiger charge is 2.45. The summed E-state index contributed by atoms with van der Waals surface area (Å²) in [5, 5.41) is 25.4. The standard InChI is InChI=1S/C36H53N11O4/c1-22-7-11-44(12-8-22)15-16-46(18-27-30(48)31(49)34(51-27)47-21-40-29-32(37)38-20-39-33(29)47)24-9-13-45(14-10-24)19-28-42-25-6-5-23(17-26(25)43-28)41-35(50)36(2,3)4/h5-6,17,20-22,24,27,30-31,34,48-49H,7-16,18-19H2,1-4H3,(H,41,50)(H,42,43)(H2,37,38,39)/t27-,30-,31-,34-/m1/s1. The van der Waals surface area contributed by atoms with Gasteiger partial charge in [-0.25, -0.2) is 19.9 Å². The Bertz CT molecular complexity index is 1810. The summed E-state index contributed by atoms with van der Waals surface area (Å²) in [4.78, 5) is 40.9. The Morgan fingerprint density at radius 3 is 2.55 bits per heavy atom. The maximum atomic E-state index is 12.5. The number of nitrogen functional groups attached to an aromatic ring is 1. The van der Waals surface area contributed by atoms with E-state index < -0.39 is 30.0 Å². The lowest BCUT2D eigenvalue weighted by atomic mass is 9.95. The average Bonchev–Trinajstić information content (AvgIpc) is 3.79. The number of carbonyl (C=O) groups excluding carboxylic acids is 1. The van der Waals surface area contributed by atoms with Gasteiger partial charge in [-0.1, -0.05) is 27.7 Å². The first-order valence-electron chi connectivity index (χ1n) is 18.4. The Morgan fingerprint density at radius 1 is 1.06 bits per heavy atom. The molecule has 0 radical (unpaired) electrons. The van der Waals surface area contributed by atoms with Crippen molar-refractivity contribution in [3.05, 3.63) is 36.7 Å². The fourth-order valence-electron chi connectivity index (χ4n) is 7.56.